The molecule has 0 aliphatic heterocycles. The minimum atomic E-state index is 0.338. The molecule has 7 rings (SSSR count). The van der Waals surface area contributed by atoms with Crippen LogP contribution < -0.4 is 0 Å². The van der Waals surface area contributed by atoms with Crippen LogP contribution in [0, 0.1) is 17.3 Å². The lowest BCUT2D eigenvalue weighted by molar-refractivity contribution is 0.232. The van der Waals surface area contributed by atoms with Gasteiger partial charge < -0.3 is 0 Å². The summed E-state index contributed by atoms with van der Waals surface area (Å²) in [7, 11) is 0. The van der Waals surface area contributed by atoms with Gasteiger partial charge in [0.25, 0.3) is 0 Å². The lowest BCUT2D eigenvalue weighted by atomic mass is 9.62. The fourth-order valence-electron chi connectivity index (χ4n) is 9.47. The normalized spacial score (nSPS) is 28.2. The number of benzene rings is 2. The van der Waals surface area contributed by atoms with Crippen LogP contribution in [0.5, 0.6) is 0 Å². The van der Waals surface area contributed by atoms with Gasteiger partial charge in [-0.1, -0.05) is 125 Å². The highest BCUT2D eigenvalue weighted by molar-refractivity contribution is 5.79. The SMILES string of the molecule is C1=C(C2CCCCCC2)c2ccccc2C1C1(C2C=C(C3CCCCCC3)c3ccccc32)CCCC1. The molecule has 2 aromatic carbocycles. The molecule has 0 heterocycles. The zero-order valence-electron chi connectivity index (χ0n) is 22.9. The minimum absolute atomic E-state index is 0.338. The van der Waals surface area contributed by atoms with E-state index in [1.807, 2.05) is 0 Å². The van der Waals surface area contributed by atoms with Crippen molar-refractivity contribution in [2.24, 2.45) is 17.3 Å². The van der Waals surface area contributed by atoms with Crippen LogP contribution in [0.1, 0.15) is 137 Å². The van der Waals surface area contributed by atoms with Crippen LogP contribution in [0.3, 0.4) is 0 Å². The zero-order chi connectivity index (χ0) is 24.7. The summed E-state index contributed by atoms with van der Waals surface area (Å²) in [5.74, 6) is 2.71. The summed E-state index contributed by atoms with van der Waals surface area (Å²) in [5, 5.41) is 0. The Hall–Kier alpha value is -2.08. The van der Waals surface area contributed by atoms with Gasteiger partial charge in [-0.3, -0.25) is 0 Å². The van der Waals surface area contributed by atoms with Crippen molar-refractivity contribution in [3.8, 4) is 0 Å². The first-order valence-electron chi connectivity index (χ1n) is 16.0. The Morgan fingerprint density at radius 3 is 1.30 bits per heavy atom. The predicted octanol–water partition coefficient (Wildman–Crippen LogP) is 10.8. The monoisotopic (exact) mass is 490 g/mol. The summed E-state index contributed by atoms with van der Waals surface area (Å²) in [6.45, 7) is 0. The third kappa shape index (κ3) is 4.18. The van der Waals surface area contributed by atoms with E-state index in [-0.39, 0.29) is 0 Å². The van der Waals surface area contributed by atoms with Crippen molar-refractivity contribution < 1.29 is 0 Å². The summed E-state index contributed by atoms with van der Waals surface area (Å²) in [6, 6.07) is 19.2. The van der Waals surface area contributed by atoms with Crippen molar-refractivity contribution in [2.45, 2.75) is 115 Å². The first-order valence-corrected chi connectivity index (χ1v) is 16.0. The maximum absolute atomic E-state index is 2.84. The van der Waals surface area contributed by atoms with E-state index in [1.165, 1.54) is 103 Å². The molecule has 3 saturated carbocycles. The largest absolute Gasteiger partial charge is 0.0723 e. The van der Waals surface area contributed by atoms with Crippen LogP contribution in [-0.2, 0) is 0 Å². The lowest BCUT2D eigenvalue weighted by Crippen LogP contribution is -2.30. The highest BCUT2D eigenvalue weighted by Crippen LogP contribution is 2.64. The maximum atomic E-state index is 2.84. The first kappa shape index (κ1) is 24.0. The van der Waals surface area contributed by atoms with Gasteiger partial charge >= 0.3 is 0 Å². The molecule has 194 valence electrons. The summed E-state index contributed by atoms with van der Waals surface area (Å²) in [5.41, 5.74) is 10.4. The van der Waals surface area contributed by atoms with Gasteiger partial charge in [0.15, 0.2) is 0 Å². The van der Waals surface area contributed by atoms with Crippen molar-refractivity contribution in [1.29, 1.82) is 0 Å². The second-order valence-corrected chi connectivity index (χ2v) is 13.2. The number of allylic oxidation sites excluding steroid dienone is 4. The van der Waals surface area contributed by atoms with Crippen LogP contribution in [-0.4, -0.2) is 0 Å². The van der Waals surface area contributed by atoms with E-state index in [0.29, 0.717) is 17.3 Å². The molecule has 2 atom stereocenters. The molecule has 5 aliphatic rings. The average Bonchev–Trinajstić information content (AvgIpc) is 3.53. The van der Waals surface area contributed by atoms with Crippen LogP contribution in [0.2, 0.25) is 0 Å². The Morgan fingerprint density at radius 2 is 0.865 bits per heavy atom. The Morgan fingerprint density at radius 1 is 0.459 bits per heavy atom. The van der Waals surface area contributed by atoms with E-state index < -0.39 is 0 Å². The molecule has 0 nitrogen and oxygen atoms in total. The van der Waals surface area contributed by atoms with E-state index in [4.69, 9.17) is 0 Å². The number of hydrogen-bond donors (Lipinski definition) is 0. The van der Waals surface area contributed by atoms with Crippen molar-refractivity contribution >= 4 is 11.1 Å². The summed E-state index contributed by atoms with van der Waals surface area (Å²) >= 11 is 0. The highest BCUT2D eigenvalue weighted by Gasteiger charge is 2.51. The average molecular weight is 491 g/mol. The van der Waals surface area contributed by atoms with Gasteiger partial charge in [0, 0.05) is 11.8 Å². The van der Waals surface area contributed by atoms with E-state index in [9.17, 15) is 0 Å². The fraction of sp³-hybridized carbons (Fsp3) is 0.568. The molecule has 0 N–H and O–H groups in total. The molecule has 0 amide bonds. The first-order chi connectivity index (χ1) is 18.4. The second kappa shape index (κ2) is 10.2. The standard InChI is InChI=1S/C37H46/c1-2-6-16-27(15-5-1)33-25-35(31-21-11-9-19-29(31)33)37(23-13-14-24-37)36-26-34(28-17-7-3-4-8-18-28)30-20-10-12-22-32(30)36/h9-12,19-22,25-28,35-36H,1-8,13-18,23-24H2. The van der Waals surface area contributed by atoms with Crippen molar-refractivity contribution in [3.05, 3.63) is 82.9 Å². The van der Waals surface area contributed by atoms with Gasteiger partial charge in [0.05, 0.1) is 0 Å². The van der Waals surface area contributed by atoms with Gasteiger partial charge in [-0.2, -0.15) is 0 Å². The molecule has 3 fully saturated rings. The molecule has 0 heteroatoms. The van der Waals surface area contributed by atoms with Crippen LogP contribution >= 0.6 is 0 Å². The third-order valence-corrected chi connectivity index (χ3v) is 11.3. The molecule has 0 radical (unpaired) electrons. The van der Waals surface area contributed by atoms with E-state index in [1.54, 1.807) is 33.4 Å². The molecular formula is C37H46. The third-order valence-electron chi connectivity index (χ3n) is 11.3. The smallest absolute Gasteiger partial charge is 0.00954 e. The quantitative estimate of drug-likeness (QED) is 0.374. The van der Waals surface area contributed by atoms with Crippen LogP contribution in [0.25, 0.3) is 11.1 Å². The van der Waals surface area contributed by atoms with E-state index >= 15 is 0 Å². The van der Waals surface area contributed by atoms with Gasteiger partial charge in [0.1, 0.15) is 0 Å². The molecule has 0 spiro atoms. The number of rotatable bonds is 4. The van der Waals surface area contributed by atoms with Gasteiger partial charge in [-0.15, -0.1) is 0 Å². The highest BCUT2D eigenvalue weighted by atomic mass is 14.5. The van der Waals surface area contributed by atoms with Gasteiger partial charge in [-0.05, 0) is 89.2 Å². The van der Waals surface area contributed by atoms with Crippen LogP contribution in [0.4, 0.5) is 0 Å². The van der Waals surface area contributed by atoms with E-state index in [2.05, 4.69) is 60.7 Å². The minimum Gasteiger partial charge on any atom is -0.0723 e. The summed E-state index contributed by atoms with van der Waals surface area (Å²) < 4.78 is 0. The van der Waals surface area contributed by atoms with Crippen molar-refractivity contribution in [1.82, 2.24) is 0 Å². The second-order valence-electron chi connectivity index (χ2n) is 13.2. The summed E-state index contributed by atoms with van der Waals surface area (Å²) in [6.07, 6.45) is 28.3. The van der Waals surface area contributed by atoms with Crippen molar-refractivity contribution in [3.63, 3.8) is 0 Å². The van der Waals surface area contributed by atoms with E-state index in [0.717, 1.165) is 11.8 Å². The van der Waals surface area contributed by atoms with Crippen molar-refractivity contribution in [2.75, 3.05) is 0 Å². The van der Waals surface area contributed by atoms with Crippen LogP contribution in [0.15, 0.2) is 60.7 Å². The Kier molecular flexibility index (Phi) is 6.64. The molecule has 0 bridgehead atoms. The van der Waals surface area contributed by atoms with Gasteiger partial charge in [-0.25, -0.2) is 0 Å². The molecular weight excluding hydrogens is 444 g/mol. The maximum Gasteiger partial charge on any atom is 0.00954 e. The Bertz CT molecular complexity index is 1070. The van der Waals surface area contributed by atoms with Gasteiger partial charge in [0.2, 0.25) is 0 Å². The molecule has 2 aromatic rings. The molecule has 0 aromatic heterocycles. The topological polar surface area (TPSA) is 0 Å². The summed E-state index contributed by atoms with van der Waals surface area (Å²) in [4.78, 5) is 0. The molecule has 37 heavy (non-hydrogen) atoms. The number of hydrogen-bond acceptors (Lipinski definition) is 0. The molecule has 0 saturated heterocycles. The fourth-order valence-corrected chi connectivity index (χ4v) is 9.47. The zero-order valence-corrected chi connectivity index (χ0v) is 22.9. The lowest BCUT2D eigenvalue weighted by Gasteiger charge is -2.41. The number of fused-ring (bicyclic) bond motifs is 2. The Balaban J connectivity index is 1.32. The predicted molar refractivity (Wildman–Crippen MR) is 158 cm³/mol. The Labute approximate surface area is 225 Å². The molecule has 2 unspecified atom stereocenters. The molecule has 5 aliphatic carbocycles.